The number of aliphatic hydroxyl groups excluding tert-OH is 1. The van der Waals surface area contributed by atoms with Gasteiger partial charge in [-0.15, -0.1) is 0 Å². The van der Waals surface area contributed by atoms with Crippen LogP contribution >= 0.6 is 31.9 Å². The minimum absolute atomic E-state index is 0.0183. The monoisotopic (exact) mass is 512 g/mol. The highest BCUT2D eigenvalue weighted by atomic mass is 79.9. The lowest BCUT2D eigenvalue weighted by Gasteiger charge is -2.26. The molecule has 1 fully saturated rings. The molecule has 1 saturated heterocycles. The van der Waals surface area contributed by atoms with E-state index < -0.39 is 5.60 Å². The Morgan fingerprint density at radius 2 is 2.14 bits per heavy atom. The van der Waals surface area contributed by atoms with Crippen molar-refractivity contribution in [3.05, 3.63) is 43.9 Å². The van der Waals surface area contributed by atoms with Crippen molar-refractivity contribution in [2.45, 2.75) is 56.7 Å². The zero-order valence-electron chi connectivity index (χ0n) is 15.6. The third kappa shape index (κ3) is 3.07. The summed E-state index contributed by atoms with van der Waals surface area (Å²) in [5, 5.41) is 20.5. The maximum absolute atomic E-state index is 13.0. The molecule has 0 saturated carbocycles. The summed E-state index contributed by atoms with van der Waals surface area (Å²) in [5.41, 5.74) is 2.36. The topological polar surface area (TPSA) is 79.3 Å². The SMILES string of the molecule is C=C(C)[C@@H]1CC/C(CO)=C\CC[C@]23O[C@H]2Cc2c(Br)c(O)c(Br)c1c2OC3=O. The zero-order valence-corrected chi connectivity index (χ0v) is 18.7. The molecule has 0 aromatic heterocycles. The van der Waals surface area contributed by atoms with E-state index in [9.17, 15) is 15.0 Å². The molecule has 1 aromatic rings. The van der Waals surface area contributed by atoms with Gasteiger partial charge >= 0.3 is 5.97 Å². The number of hydrogen-bond donors (Lipinski definition) is 2. The molecule has 5 nitrogen and oxygen atoms in total. The summed E-state index contributed by atoms with van der Waals surface area (Å²) < 4.78 is 12.8. The molecule has 3 aliphatic rings. The molecule has 150 valence electrons. The second-order valence-electron chi connectivity index (χ2n) is 7.78. The molecule has 0 amide bonds. The molecule has 7 heteroatoms. The van der Waals surface area contributed by atoms with Crippen molar-refractivity contribution in [1.82, 2.24) is 0 Å². The number of rotatable bonds is 2. The van der Waals surface area contributed by atoms with E-state index in [0.717, 1.165) is 22.3 Å². The second kappa shape index (κ2) is 7.27. The predicted molar refractivity (Wildman–Crippen MR) is 112 cm³/mol. The van der Waals surface area contributed by atoms with Crippen molar-refractivity contribution < 1.29 is 24.5 Å². The maximum Gasteiger partial charge on any atom is 0.346 e. The molecular formula is C21H22Br2O5. The van der Waals surface area contributed by atoms with Crippen molar-refractivity contribution in [3.8, 4) is 11.5 Å². The Morgan fingerprint density at radius 3 is 2.82 bits per heavy atom. The molecular weight excluding hydrogens is 492 g/mol. The fourth-order valence-corrected chi connectivity index (χ4v) is 5.80. The average Bonchev–Trinajstić information content (AvgIpc) is 3.37. The highest BCUT2D eigenvalue weighted by Gasteiger charge is 2.65. The number of benzene rings is 1. The summed E-state index contributed by atoms with van der Waals surface area (Å²) in [6.45, 7) is 6.05. The molecule has 1 aromatic carbocycles. The number of fused-ring (bicyclic) bond motifs is 1. The van der Waals surface area contributed by atoms with Gasteiger partial charge in [0, 0.05) is 23.5 Å². The first kappa shape index (κ1) is 20.1. The fraction of sp³-hybridized carbons (Fsp3) is 0.476. The molecule has 3 aliphatic heterocycles. The number of hydrogen-bond acceptors (Lipinski definition) is 5. The van der Waals surface area contributed by atoms with E-state index in [0.29, 0.717) is 46.8 Å². The van der Waals surface area contributed by atoms with E-state index >= 15 is 0 Å². The van der Waals surface area contributed by atoms with Crippen LogP contribution in [-0.4, -0.2) is 34.5 Å². The van der Waals surface area contributed by atoms with Crippen molar-refractivity contribution >= 4 is 37.8 Å². The van der Waals surface area contributed by atoms with Gasteiger partial charge in [0.15, 0.2) is 5.60 Å². The van der Waals surface area contributed by atoms with Crippen molar-refractivity contribution in [3.63, 3.8) is 0 Å². The smallest absolute Gasteiger partial charge is 0.346 e. The van der Waals surface area contributed by atoms with Crippen LogP contribution in [0.3, 0.4) is 0 Å². The average molecular weight is 514 g/mol. The van der Waals surface area contributed by atoms with Crippen molar-refractivity contribution in [2.75, 3.05) is 6.61 Å². The number of aromatic hydroxyl groups is 1. The van der Waals surface area contributed by atoms with Crippen molar-refractivity contribution in [2.24, 2.45) is 0 Å². The summed E-state index contributed by atoms with van der Waals surface area (Å²) in [5.74, 6) is 0.0365. The number of epoxide rings is 1. The molecule has 0 unspecified atom stereocenters. The van der Waals surface area contributed by atoms with Crippen LogP contribution in [0.4, 0.5) is 0 Å². The normalized spacial score (nSPS) is 30.9. The van der Waals surface area contributed by atoms with E-state index in [-0.39, 0.29) is 30.3 Å². The van der Waals surface area contributed by atoms with Gasteiger partial charge in [-0.25, -0.2) is 4.79 Å². The van der Waals surface area contributed by atoms with Crippen LogP contribution in [-0.2, 0) is 16.0 Å². The number of phenols is 1. The van der Waals surface area contributed by atoms with Crippen LogP contribution in [0, 0.1) is 0 Å². The van der Waals surface area contributed by atoms with Gasteiger partial charge in [0.2, 0.25) is 0 Å². The van der Waals surface area contributed by atoms with Crippen LogP contribution in [0.5, 0.6) is 11.5 Å². The number of phenolic OH excluding ortho intramolecular Hbond substituents is 1. The number of carbonyl (C=O) groups is 1. The summed E-state index contributed by atoms with van der Waals surface area (Å²) in [6, 6.07) is 0. The van der Waals surface area contributed by atoms with Gasteiger partial charge in [0.1, 0.15) is 17.6 Å². The Morgan fingerprint density at radius 1 is 1.39 bits per heavy atom. The highest BCUT2D eigenvalue weighted by molar-refractivity contribution is 9.11. The Balaban J connectivity index is 1.95. The molecule has 2 N–H and O–H groups in total. The summed E-state index contributed by atoms with van der Waals surface area (Å²) >= 11 is 6.99. The quantitative estimate of drug-likeness (QED) is 0.260. The summed E-state index contributed by atoms with van der Waals surface area (Å²) in [6.07, 6.45) is 4.74. The lowest BCUT2D eigenvalue weighted by molar-refractivity contribution is -0.140. The van der Waals surface area contributed by atoms with Crippen LogP contribution in [0.25, 0.3) is 0 Å². The van der Waals surface area contributed by atoms with Crippen LogP contribution in [0.2, 0.25) is 0 Å². The number of allylic oxidation sites excluding steroid dienone is 2. The van der Waals surface area contributed by atoms with Gasteiger partial charge in [0.05, 0.1) is 15.6 Å². The number of ether oxygens (including phenoxy) is 2. The largest absolute Gasteiger partial charge is 0.506 e. The first-order chi connectivity index (χ1) is 13.3. The molecule has 4 rings (SSSR count). The molecule has 1 spiro atoms. The Labute approximate surface area is 180 Å². The molecule has 0 radical (unpaired) electrons. The van der Waals surface area contributed by atoms with Crippen molar-refractivity contribution in [1.29, 1.82) is 0 Å². The molecule has 2 bridgehead atoms. The van der Waals surface area contributed by atoms with Crippen LogP contribution in [0.15, 0.2) is 32.7 Å². The van der Waals surface area contributed by atoms with Gasteiger partial charge in [-0.2, -0.15) is 0 Å². The van der Waals surface area contributed by atoms with E-state index in [1.165, 1.54) is 0 Å². The standard InChI is InChI=1S/C21H22Br2O5/c1-10(2)12-6-5-11(9-24)4-3-7-21-14(28-21)8-13-16(22)18(25)17(23)15(12)19(13)27-20(21)26/h4,12,14,24-25H,1,3,5-9H2,2H3/b11-4+/t12-,14-,21-/m0/s1. The summed E-state index contributed by atoms with van der Waals surface area (Å²) in [7, 11) is 0. The van der Waals surface area contributed by atoms with Gasteiger partial charge in [0.25, 0.3) is 0 Å². The first-order valence-electron chi connectivity index (χ1n) is 9.37. The van der Waals surface area contributed by atoms with Gasteiger partial charge in [-0.05, 0) is 70.0 Å². The van der Waals surface area contributed by atoms with E-state index in [1.54, 1.807) is 0 Å². The van der Waals surface area contributed by atoms with E-state index in [2.05, 4.69) is 38.4 Å². The number of halogens is 2. The van der Waals surface area contributed by atoms with Crippen LogP contribution < -0.4 is 4.74 Å². The van der Waals surface area contributed by atoms with E-state index in [1.807, 2.05) is 13.0 Å². The Kier molecular flexibility index (Phi) is 5.23. The van der Waals surface area contributed by atoms with Crippen LogP contribution in [0.1, 0.15) is 49.7 Å². The predicted octanol–water partition coefficient (Wildman–Crippen LogP) is 4.67. The number of carbonyl (C=O) groups excluding carboxylic acids is 1. The first-order valence-corrected chi connectivity index (χ1v) is 11.0. The third-order valence-electron chi connectivity index (χ3n) is 6.03. The maximum atomic E-state index is 13.0. The molecule has 3 atom stereocenters. The van der Waals surface area contributed by atoms with Gasteiger partial charge in [-0.3, -0.25) is 0 Å². The third-order valence-corrected chi connectivity index (χ3v) is 7.69. The molecule has 28 heavy (non-hydrogen) atoms. The summed E-state index contributed by atoms with van der Waals surface area (Å²) in [4.78, 5) is 13.0. The molecule has 0 aliphatic carbocycles. The highest BCUT2D eigenvalue weighted by Crippen LogP contribution is 2.55. The Bertz CT molecular complexity index is 907. The number of esters is 1. The lowest BCUT2D eigenvalue weighted by atomic mass is 9.85. The van der Waals surface area contributed by atoms with Gasteiger partial charge < -0.3 is 19.7 Å². The lowest BCUT2D eigenvalue weighted by Crippen LogP contribution is -2.31. The Hall–Kier alpha value is -1.15. The number of aliphatic hydroxyl groups is 1. The minimum atomic E-state index is -0.952. The van der Waals surface area contributed by atoms with E-state index in [4.69, 9.17) is 9.47 Å². The zero-order chi connectivity index (χ0) is 20.2. The fourth-order valence-electron chi connectivity index (χ4n) is 4.33. The van der Waals surface area contributed by atoms with Gasteiger partial charge in [-0.1, -0.05) is 18.2 Å². The second-order valence-corrected chi connectivity index (χ2v) is 9.37. The molecule has 3 heterocycles. The minimum Gasteiger partial charge on any atom is -0.506 e.